The lowest BCUT2D eigenvalue weighted by Gasteiger charge is -2.35. The first-order chi connectivity index (χ1) is 28.6. The van der Waals surface area contributed by atoms with Gasteiger partial charge in [-0.2, -0.15) is 0 Å². The normalized spacial score (nSPS) is 13.8. The number of para-hydroxylation sites is 1. The number of rotatable bonds is 20. The van der Waals surface area contributed by atoms with Gasteiger partial charge < -0.3 is 45.7 Å². The Morgan fingerprint density at radius 3 is 1.92 bits per heavy atom. The van der Waals surface area contributed by atoms with Crippen LogP contribution >= 0.6 is 0 Å². The van der Waals surface area contributed by atoms with Crippen LogP contribution in [0, 0.1) is 11.3 Å². The number of phenolic OH excluding ortho intramolecular Hbond substituents is 1. The monoisotopic (exact) mass is 825 g/mol. The molecule has 4 aromatic carbocycles. The lowest BCUT2D eigenvalue weighted by molar-refractivity contribution is -0.134. The number of aliphatic hydroxyl groups is 1. The van der Waals surface area contributed by atoms with Crippen LogP contribution in [0.15, 0.2) is 103 Å². The minimum atomic E-state index is -1.58. The number of aliphatic hydroxyl groups excluding tert-OH is 1. The molecule has 0 heterocycles. The summed E-state index contributed by atoms with van der Waals surface area (Å²) in [4.78, 5) is 55.4. The van der Waals surface area contributed by atoms with E-state index in [0.717, 1.165) is 11.1 Å². The first kappa shape index (κ1) is 46.6. The van der Waals surface area contributed by atoms with Crippen molar-refractivity contribution >= 4 is 23.8 Å². The Bertz CT molecular complexity index is 2010. The number of benzene rings is 4. The molecule has 322 valence electrons. The Balaban J connectivity index is 1.62. The van der Waals surface area contributed by atoms with Crippen molar-refractivity contribution in [3.8, 4) is 17.2 Å². The Morgan fingerprint density at radius 1 is 0.683 bits per heavy atom. The van der Waals surface area contributed by atoms with E-state index in [1.807, 2.05) is 72.8 Å². The van der Waals surface area contributed by atoms with E-state index in [1.54, 1.807) is 58.9 Å². The molecule has 0 saturated carbocycles. The van der Waals surface area contributed by atoms with E-state index in [4.69, 9.17) is 14.2 Å². The first-order valence-corrected chi connectivity index (χ1v) is 19.9. The molecule has 0 bridgehead atoms. The zero-order valence-electron chi connectivity index (χ0n) is 35.4. The molecule has 0 saturated heterocycles. The fourth-order valence-electron chi connectivity index (χ4n) is 6.51. The fourth-order valence-corrected chi connectivity index (χ4v) is 6.51. The predicted molar refractivity (Wildman–Crippen MR) is 228 cm³/mol. The molecular weight excluding hydrogens is 767 g/mol. The number of carbonyl (C=O) groups excluding carboxylic acids is 4. The summed E-state index contributed by atoms with van der Waals surface area (Å²) in [6, 6.07) is 25.6. The SMILES string of the molecule is COc1ccc(CNC(=O)[C@@H](NC(=O)[C@H](NCc2ccccc2OC)[C@H](O)[C@H](Cc2ccccc2)NC(=O)[C@@H](NC(=O)OCc2ccccc2)C(C)(C)C)C(C)C)c(O)c1. The standard InChI is InChI=1S/C46H59N5O9/c1-29(2)38(42(54)48-26-32-22-23-34(58-6)25-36(32)52)50-43(55)39(47-27-33-20-14-15-21-37(33)59-7)40(53)35(24-30-16-10-8-11-17-30)49-44(56)41(46(3,4)5)51-45(57)60-28-31-18-12-9-13-19-31/h8-23,25,29,35,38-41,47,52-53H,24,26-28H2,1-7H3,(H,48,54)(H,49,56)(H,50,55)(H,51,57)/t35-,38-,39+,40+,41+/m0/s1. The second-order valence-corrected chi connectivity index (χ2v) is 15.9. The van der Waals surface area contributed by atoms with Gasteiger partial charge in [0.05, 0.1) is 26.4 Å². The fraction of sp³-hybridized carbons (Fsp3) is 0.391. The molecule has 14 nitrogen and oxygen atoms in total. The zero-order chi connectivity index (χ0) is 43.8. The minimum Gasteiger partial charge on any atom is -0.507 e. The van der Waals surface area contributed by atoms with Gasteiger partial charge in [0.25, 0.3) is 0 Å². The lowest BCUT2D eigenvalue weighted by Crippen LogP contribution is -2.63. The molecular formula is C46H59N5O9. The molecule has 5 atom stereocenters. The average Bonchev–Trinajstić information content (AvgIpc) is 3.23. The first-order valence-electron chi connectivity index (χ1n) is 19.9. The number of aromatic hydroxyl groups is 1. The predicted octanol–water partition coefficient (Wildman–Crippen LogP) is 4.75. The highest BCUT2D eigenvalue weighted by atomic mass is 16.5. The van der Waals surface area contributed by atoms with E-state index in [0.29, 0.717) is 22.6 Å². The van der Waals surface area contributed by atoms with E-state index in [-0.39, 0.29) is 31.9 Å². The van der Waals surface area contributed by atoms with E-state index < -0.39 is 65.4 Å². The minimum absolute atomic E-state index is 0.00545. The number of alkyl carbamates (subject to hydrolysis) is 1. The molecule has 0 aliphatic carbocycles. The van der Waals surface area contributed by atoms with Gasteiger partial charge >= 0.3 is 6.09 Å². The second kappa shape index (κ2) is 22.3. The second-order valence-electron chi connectivity index (χ2n) is 15.9. The molecule has 0 spiro atoms. The zero-order valence-corrected chi connectivity index (χ0v) is 35.4. The number of phenols is 1. The van der Waals surface area contributed by atoms with Crippen LogP contribution in [0.1, 0.15) is 56.9 Å². The highest BCUT2D eigenvalue weighted by molar-refractivity contribution is 5.91. The summed E-state index contributed by atoms with van der Waals surface area (Å²) in [7, 11) is 3.00. The van der Waals surface area contributed by atoms with Crippen LogP contribution in [0.4, 0.5) is 4.79 Å². The van der Waals surface area contributed by atoms with Gasteiger partial charge in [0.1, 0.15) is 42.0 Å². The molecule has 7 N–H and O–H groups in total. The van der Waals surface area contributed by atoms with Crippen LogP contribution in [0.2, 0.25) is 0 Å². The van der Waals surface area contributed by atoms with Crippen LogP contribution in [0.3, 0.4) is 0 Å². The molecule has 0 unspecified atom stereocenters. The van der Waals surface area contributed by atoms with E-state index in [1.165, 1.54) is 20.3 Å². The lowest BCUT2D eigenvalue weighted by atomic mass is 9.85. The van der Waals surface area contributed by atoms with Gasteiger partial charge in [-0.1, -0.05) is 113 Å². The largest absolute Gasteiger partial charge is 0.507 e. The summed E-state index contributed by atoms with van der Waals surface area (Å²) < 4.78 is 16.1. The molecule has 0 radical (unpaired) electrons. The molecule has 0 aromatic heterocycles. The van der Waals surface area contributed by atoms with Crippen molar-refractivity contribution in [2.75, 3.05) is 14.2 Å². The molecule has 0 fully saturated rings. The summed E-state index contributed by atoms with van der Waals surface area (Å²) in [5.74, 6) is -1.29. The number of carbonyl (C=O) groups is 4. The maximum Gasteiger partial charge on any atom is 0.408 e. The average molecular weight is 826 g/mol. The number of hydrogen-bond donors (Lipinski definition) is 7. The summed E-state index contributed by atoms with van der Waals surface area (Å²) in [6.45, 7) is 8.94. The molecule has 4 rings (SSSR count). The van der Waals surface area contributed by atoms with E-state index in [9.17, 15) is 29.4 Å². The Hall–Kier alpha value is -6.12. The van der Waals surface area contributed by atoms with Gasteiger partial charge in [-0.3, -0.25) is 19.7 Å². The van der Waals surface area contributed by atoms with Gasteiger partial charge in [-0.15, -0.1) is 0 Å². The smallest absolute Gasteiger partial charge is 0.408 e. The highest BCUT2D eigenvalue weighted by Crippen LogP contribution is 2.24. The summed E-state index contributed by atoms with van der Waals surface area (Å²) in [5, 5.41) is 37.2. The van der Waals surface area contributed by atoms with Crippen LogP contribution < -0.4 is 36.1 Å². The third kappa shape index (κ3) is 13.7. The van der Waals surface area contributed by atoms with E-state index >= 15 is 0 Å². The third-order valence-corrected chi connectivity index (χ3v) is 9.96. The van der Waals surface area contributed by atoms with E-state index in [2.05, 4.69) is 26.6 Å². The van der Waals surface area contributed by atoms with Crippen LogP contribution in [0.5, 0.6) is 17.2 Å². The summed E-state index contributed by atoms with van der Waals surface area (Å²) in [6.07, 6.45) is -2.28. The number of ether oxygens (including phenoxy) is 3. The molecule has 60 heavy (non-hydrogen) atoms. The van der Waals surface area contributed by atoms with Crippen LogP contribution in [-0.2, 0) is 45.2 Å². The van der Waals surface area contributed by atoms with Gasteiger partial charge in [-0.05, 0) is 47.1 Å². The van der Waals surface area contributed by atoms with Crippen molar-refractivity contribution in [3.63, 3.8) is 0 Å². The Kier molecular flexibility index (Phi) is 17.3. The van der Waals surface area contributed by atoms with Crippen molar-refractivity contribution in [3.05, 3.63) is 125 Å². The number of methoxy groups -OCH3 is 2. The van der Waals surface area contributed by atoms with Crippen molar-refractivity contribution in [2.24, 2.45) is 11.3 Å². The van der Waals surface area contributed by atoms with Gasteiger partial charge in [0.2, 0.25) is 17.7 Å². The quantitative estimate of drug-likeness (QED) is 0.0654. The third-order valence-electron chi connectivity index (χ3n) is 9.96. The number of nitrogens with one attached hydrogen (secondary N) is 5. The topological polar surface area (TPSA) is 197 Å². The van der Waals surface area contributed by atoms with Crippen molar-refractivity contribution < 1.29 is 43.6 Å². The molecule has 4 amide bonds. The summed E-state index contributed by atoms with van der Waals surface area (Å²) >= 11 is 0. The van der Waals surface area contributed by atoms with Gasteiger partial charge in [0, 0.05) is 30.3 Å². The highest BCUT2D eigenvalue weighted by Gasteiger charge is 2.40. The maximum atomic E-state index is 14.5. The maximum absolute atomic E-state index is 14.5. The van der Waals surface area contributed by atoms with Gasteiger partial charge in [-0.25, -0.2) is 4.79 Å². The molecule has 0 aliphatic heterocycles. The Morgan fingerprint density at radius 2 is 1.32 bits per heavy atom. The van der Waals surface area contributed by atoms with Crippen molar-refractivity contribution in [1.29, 1.82) is 0 Å². The number of hydrogen-bond acceptors (Lipinski definition) is 10. The molecule has 14 heteroatoms. The van der Waals surface area contributed by atoms with Crippen LogP contribution in [-0.4, -0.2) is 78.5 Å². The van der Waals surface area contributed by atoms with Crippen molar-refractivity contribution in [1.82, 2.24) is 26.6 Å². The summed E-state index contributed by atoms with van der Waals surface area (Å²) in [5.41, 5.74) is 1.86. The number of amides is 4. The Labute approximate surface area is 352 Å². The van der Waals surface area contributed by atoms with Crippen LogP contribution in [0.25, 0.3) is 0 Å². The molecule has 4 aromatic rings. The van der Waals surface area contributed by atoms with Gasteiger partial charge in [0.15, 0.2) is 0 Å². The molecule has 0 aliphatic rings. The van der Waals surface area contributed by atoms with Crippen molar-refractivity contribution in [2.45, 2.75) is 91.0 Å².